The molecule has 0 saturated carbocycles. The maximum Gasteiger partial charge on any atom is 0.248 e. The van der Waals surface area contributed by atoms with E-state index in [9.17, 15) is 4.79 Å². The minimum absolute atomic E-state index is 0.381. The van der Waals surface area contributed by atoms with Gasteiger partial charge in [0.15, 0.2) is 0 Å². The van der Waals surface area contributed by atoms with Crippen LogP contribution in [0.4, 0.5) is 5.69 Å². The molecule has 1 saturated heterocycles. The molecule has 2 aromatic rings. The quantitative estimate of drug-likeness (QED) is 0.685. The van der Waals surface area contributed by atoms with E-state index >= 15 is 0 Å². The third-order valence-corrected chi connectivity index (χ3v) is 5.15. The Kier molecular flexibility index (Phi) is 7.10. The fraction of sp³-hybridized carbons (Fsp3) is 0.381. The zero-order chi connectivity index (χ0) is 19.1. The molecule has 27 heavy (non-hydrogen) atoms. The van der Waals surface area contributed by atoms with E-state index in [0.717, 1.165) is 62.8 Å². The Bertz CT molecular complexity index is 759. The normalized spacial score (nSPS) is 15.1. The molecule has 6 heteroatoms. The summed E-state index contributed by atoms with van der Waals surface area (Å²) in [6, 6.07) is 15.6. The molecule has 0 spiro atoms. The standard InChI is InChI=1S/C21H27ClN4O/c22-19-6-2-7-20(15-19)26-12-10-25(11-13-26)9-3-8-24-16-17-4-1-5-18(14-17)21(23)27/h1-2,4-7,14-15,24H,3,8-13,16H2,(H2,23,27). The van der Waals surface area contributed by atoms with E-state index in [-0.39, 0.29) is 5.91 Å². The lowest BCUT2D eigenvalue weighted by Gasteiger charge is -2.36. The molecule has 0 unspecified atom stereocenters. The fourth-order valence-electron chi connectivity index (χ4n) is 3.40. The Morgan fingerprint density at radius 2 is 1.85 bits per heavy atom. The molecule has 1 fully saturated rings. The molecular formula is C21H27ClN4O. The van der Waals surface area contributed by atoms with Gasteiger partial charge in [0.05, 0.1) is 0 Å². The van der Waals surface area contributed by atoms with Crippen molar-refractivity contribution in [2.24, 2.45) is 5.73 Å². The van der Waals surface area contributed by atoms with Crippen LogP contribution in [0.5, 0.6) is 0 Å². The molecule has 2 aromatic carbocycles. The molecular weight excluding hydrogens is 360 g/mol. The molecule has 3 N–H and O–H groups in total. The van der Waals surface area contributed by atoms with Gasteiger partial charge >= 0.3 is 0 Å². The first-order chi connectivity index (χ1) is 13.1. The number of primary amides is 1. The first-order valence-electron chi connectivity index (χ1n) is 9.44. The highest BCUT2D eigenvalue weighted by Gasteiger charge is 2.16. The molecule has 1 aliphatic rings. The van der Waals surface area contributed by atoms with E-state index in [1.165, 1.54) is 5.69 Å². The van der Waals surface area contributed by atoms with Crippen molar-refractivity contribution in [3.63, 3.8) is 0 Å². The average molecular weight is 387 g/mol. The van der Waals surface area contributed by atoms with Crippen LogP contribution in [0.1, 0.15) is 22.3 Å². The Morgan fingerprint density at radius 3 is 2.59 bits per heavy atom. The minimum Gasteiger partial charge on any atom is -0.369 e. The maximum absolute atomic E-state index is 11.2. The minimum atomic E-state index is -0.381. The zero-order valence-corrected chi connectivity index (χ0v) is 16.3. The van der Waals surface area contributed by atoms with E-state index in [0.29, 0.717) is 5.56 Å². The number of anilines is 1. The Morgan fingerprint density at radius 1 is 1.07 bits per heavy atom. The first kappa shape index (κ1) is 19.7. The number of halogens is 1. The molecule has 0 atom stereocenters. The van der Waals surface area contributed by atoms with Gasteiger partial charge in [-0.2, -0.15) is 0 Å². The highest BCUT2D eigenvalue weighted by atomic mass is 35.5. The highest BCUT2D eigenvalue weighted by Crippen LogP contribution is 2.20. The summed E-state index contributed by atoms with van der Waals surface area (Å²) in [6.07, 6.45) is 1.10. The number of hydrogen-bond donors (Lipinski definition) is 2. The third-order valence-electron chi connectivity index (χ3n) is 4.91. The van der Waals surface area contributed by atoms with Crippen LogP contribution in [0.3, 0.4) is 0 Å². The lowest BCUT2D eigenvalue weighted by molar-refractivity contribution is 0.1000. The summed E-state index contributed by atoms with van der Waals surface area (Å²) >= 11 is 6.09. The summed E-state index contributed by atoms with van der Waals surface area (Å²) in [5, 5.41) is 4.24. The van der Waals surface area contributed by atoms with Gasteiger partial charge in [0.1, 0.15) is 0 Å². The van der Waals surface area contributed by atoms with Crippen molar-refractivity contribution in [1.82, 2.24) is 10.2 Å². The van der Waals surface area contributed by atoms with Crippen LogP contribution < -0.4 is 16.0 Å². The predicted molar refractivity (Wildman–Crippen MR) is 111 cm³/mol. The van der Waals surface area contributed by atoms with Crippen molar-refractivity contribution in [3.8, 4) is 0 Å². The van der Waals surface area contributed by atoms with Crippen molar-refractivity contribution in [2.75, 3.05) is 44.2 Å². The summed E-state index contributed by atoms with van der Waals surface area (Å²) in [4.78, 5) is 16.1. The van der Waals surface area contributed by atoms with Gasteiger partial charge in [-0.1, -0.05) is 29.8 Å². The molecule has 1 amide bonds. The zero-order valence-electron chi connectivity index (χ0n) is 15.5. The number of carbonyl (C=O) groups is 1. The Labute approximate surface area is 166 Å². The smallest absolute Gasteiger partial charge is 0.248 e. The van der Waals surface area contributed by atoms with Crippen molar-refractivity contribution in [1.29, 1.82) is 0 Å². The van der Waals surface area contributed by atoms with Gasteiger partial charge in [0.25, 0.3) is 0 Å². The number of nitrogens with one attached hydrogen (secondary N) is 1. The van der Waals surface area contributed by atoms with Crippen molar-refractivity contribution < 1.29 is 4.79 Å². The molecule has 1 heterocycles. The number of carbonyl (C=O) groups excluding carboxylic acids is 1. The Hall–Kier alpha value is -2.08. The summed E-state index contributed by atoms with van der Waals surface area (Å²) in [5.41, 5.74) is 8.18. The third kappa shape index (κ3) is 5.96. The number of amides is 1. The molecule has 0 radical (unpaired) electrons. The second-order valence-corrected chi connectivity index (χ2v) is 7.34. The van der Waals surface area contributed by atoms with E-state index in [4.69, 9.17) is 17.3 Å². The SMILES string of the molecule is NC(=O)c1cccc(CNCCCN2CCN(c3cccc(Cl)c3)CC2)c1. The molecule has 0 bridgehead atoms. The largest absolute Gasteiger partial charge is 0.369 e. The van der Waals surface area contributed by atoms with Crippen molar-refractivity contribution in [2.45, 2.75) is 13.0 Å². The number of benzene rings is 2. The number of rotatable bonds is 8. The van der Waals surface area contributed by atoms with E-state index < -0.39 is 0 Å². The summed E-state index contributed by atoms with van der Waals surface area (Å²) in [6.45, 7) is 7.03. The van der Waals surface area contributed by atoms with Crippen molar-refractivity contribution in [3.05, 3.63) is 64.7 Å². The van der Waals surface area contributed by atoms with E-state index in [2.05, 4.69) is 21.2 Å². The van der Waals surface area contributed by atoms with Crippen LogP contribution in [-0.4, -0.2) is 50.1 Å². The maximum atomic E-state index is 11.2. The topological polar surface area (TPSA) is 61.6 Å². The number of nitrogens with two attached hydrogens (primary N) is 1. The predicted octanol–water partition coefficient (Wildman–Crippen LogP) is 2.74. The molecule has 144 valence electrons. The monoisotopic (exact) mass is 386 g/mol. The summed E-state index contributed by atoms with van der Waals surface area (Å²) < 4.78 is 0. The number of piperazine rings is 1. The first-order valence-corrected chi connectivity index (χ1v) is 9.82. The van der Waals surface area contributed by atoms with Crippen LogP contribution in [-0.2, 0) is 6.54 Å². The van der Waals surface area contributed by atoms with Gasteiger partial charge in [-0.05, 0) is 55.4 Å². The van der Waals surface area contributed by atoms with Crippen LogP contribution in [0, 0.1) is 0 Å². The molecule has 1 aliphatic heterocycles. The van der Waals surface area contributed by atoms with Crippen LogP contribution >= 0.6 is 11.6 Å². The molecule has 0 aromatic heterocycles. The second kappa shape index (κ2) is 9.74. The van der Waals surface area contributed by atoms with Crippen LogP contribution in [0.25, 0.3) is 0 Å². The van der Waals surface area contributed by atoms with E-state index in [1.807, 2.05) is 36.4 Å². The molecule has 5 nitrogen and oxygen atoms in total. The van der Waals surface area contributed by atoms with Gasteiger partial charge in [-0.3, -0.25) is 9.69 Å². The summed E-state index contributed by atoms with van der Waals surface area (Å²) in [7, 11) is 0. The van der Waals surface area contributed by atoms with Crippen LogP contribution in [0.2, 0.25) is 5.02 Å². The fourth-order valence-corrected chi connectivity index (χ4v) is 3.58. The average Bonchev–Trinajstić information content (AvgIpc) is 2.68. The second-order valence-electron chi connectivity index (χ2n) is 6.90. The Balaban J connectivity index is 1.33. The molecule has 3 rings (SSSR count). The van der Waals surface area contributed by atoms with Gasteiger partial charge < -0.3 is 16.0 Å². The van der Waals surface area contributed by atoms with Gasteiger partial charge in [-0.15, -0.1) is 0 Å². The highest BCUT2D eigenvalue weighted by molar-refractivity contribution is 6.30. The van der Waals surface area contributed by atoms with Gasteiger partial charge in [0.2, 0.25) is 5.91 Å². The van der Waals surface area contributed by atoms with Gasteiger partial charge in [0, 0.05) is 49.0 Å². The lowest BCUT2D eigenvalue weighted by Crippen LogP contribution is -2.47. The lowest BCUT2D eigenvalue weighted by atomic mass is 10.1. The van der Waals surface area contributed by atoms with E-state index in [1.54, 1.807) is 6.07 Å². The molecule has 0 aliphatic carbocycles. The number of nitrogens with zero attached hydrogens (tertiary/aromatic N) is 2. The van der Waals surface area contributed by atoms with Crippen LogP contribution in [0.15, 0.2) is 48.5 Å². The number of hydrogen-bond acceptors (Lipinski definition) is 4. The van der Waals surface area contributed by atoms with Gasteiger partial charge in [-0.25, -0.2) is 0 Å². The summed E-state index contributed by atoms with van der Waals surface area (Å²) in [5.74, 6) is -0.381. The van der Waals surface area contributed by atoms with Crippen molar-refractivity contribution >= 4 is 23.2 Å².